The highest BCUT2D eigenvalue weighted by molar-refractivity contribution is 5.75. The van der Waals surface area contributed by atoms with Gasteiger partial charge in [0, 0.05) is 32.2 Å². The van der Waals surface area contributed by atoms with Gasteiger partial charge >= 0.3 is 18.4 Å². The number of carbonyl (C=O) groups excluding carboxylic acids is 1. The molecule has 10 heteroatoms. The monoisotopic (exact) mass is 587 g/mol. The minimum atomic E-state index is -4.93. The molecule has 1 aliphatic heterocycles. The number of benzene rings is 2. The average Bonchev–Trinajstić information content (AvgIpc) is 2.91. The smallest absolute Gasteiger partial charge is 0.322 e. The van der Waals surface area contributed by atoms with Gasteiger partial charge in [0.15, 0.2) is 0 Å². The molecule has 1 unspecified atom stereocenters. The molecule has 2 amide bonds. The van der Waals surface area contributed by atoms with Crippen molar-refractivity contribution in [2.24, 2.45) is 5.92 Å². The van der Waals surface area contributed by atoms with Crippen molar-refractivity contribution in [2.45, 2.75) is 84.4 Å². The zero-order valence-electron chi connectivity index (χ0n) is 25.0. The fourth-order valence-corrected chi connectivity index (χ4v) is 4.96. The molecule has 1 aliphatic rings. The van der Waals surface area contributed by atoms with Gasteiger partial charge in [0.05, 0.1) is 17.2 Å². The van der Waals surface area contributed by atoms with Crippen molar-refractivity contribution in [3.63, 3.8) is 0 Å². The van der Waals surface area contributed by atoms with E-state index in [0.29, 0.717) is 30.6 Å². The maximum Gasteiger partial charge on any atom is 0.416 e. The first-order valence-corrected chi connectivity index (χ1v) is 14.0. The molecule has 3 rings (SSSR count). The van der Waals surface area contributed by atoms with Gasteiger partial charge in [-0.1, -0.05) is 42.8 Å². The van der Waals surface area contributed by atoms with Crippen LogP contribution in [0, 0.1) is 12.8 Å². The van der Waals surface area contributed by atoms with Crippen LogP contribution in [0.3, 0.4) is 0 Å². The maximum atomic E-state index is 13.2. The predicted octanol–water partition coefficient (Wildman–Crippen LogP) is 8.66. The lowest BCUT2D eigenvalue weighted by molar-refractivity contribution is -0.143. The topological polar surface area (TPSA) is 26.8 Å². The molecule has 0 aliphatic carbocycles. The Morgan fingerprint density at radius 2 is 1.51 bits per heavy atom. The van der Waals surface area contributed by atoms with E-state index in [0.717, 1.165) is 25.8 Å². The summed E-state index contributed by atoms with van der Waals surface area (Å²) in [7, 11) is 3.49. The second-order valence-electron chi connectivity index (χ2n) is 11.2. The van der Waals surface area contributed by atoms with Crippen molar-refractivity contribution < 1.29 is 31.1 Å². The fraction of sp³-hybridized carbons (Fsp3) is 0.581. The Morgan fingerprint density at radius 3 is 1.93 bits per heavy atom. The summed E-state index contributed by atoms with van der Waals surface area (Å²) in [4.78, 5) is 18.3. The summed E-state index contributed by atoms with van der Waals surface area (Å²) in [6.07, 6.45) is -7.25. The summed E-state index contributed by atoms with van der Waals surface area (Å²) in [5.74, 6) is 0.415. The number of urea groups is 1. The molecule has 1 heterocycles. The lowest BCUT2D eigenvalue weighted by Gasteiger charge is -2.42. The number of aryl methyl sites for hydroxylation is 1. The summed E-state index contributed by atoms with van der Waals surface area (Å²) in [6.45, 7) is 11.1. The minimum Gasteiger partial charge on any atom is -0.322 e. The Kier molecular flexibility index (Phi) is 12.1. The summed E-state index contributed by atoms with van der Waals surface area (Å²) >= 11 is 0. The van der Waals surface area contributed by atoms with Crippen LogP contribution in [0.2, 0.25) is 0 Å². The molecule has 2 aromatic rings. The van der Waals surface area contributed by atoms with Crippen LogP contribution >= 0.6 is 0 Å². The second-order valence-corrected chi connectivity index (χ2v) is 11.2. The zero-order chi connectivity index (χ0) is 31.1. The van der Waals surface area contributed by atoms with Crippen molar-refractivity contribution in [1.82, 2.24) is 14.7 Å². The fourth-order valence-electron chi connectivity index (χ4n) is 4.96. The number of likely N-dealkylation sites (tertiary alicyclic amines) is 1. The third-order valence-electron chi connectivity index (χ3n) is 8.04. The zero-order valence-corrected chi connectivity index (χ0v) is 25.0. The molecule has 1 saturated heterocycles. The number of alkyl halides is 6. The number of hydrogen-bond acceptors (Lipinski definition) is 2. The van der Waals surface area contributed by atoms with Gasteiger partial charge in [-0.3, -0.25) is 0 Å². The van der Waals surface area contributed by atoms with E-state index in [1.165, 1.54) is 24.4 Å². The van der Waals surface area contributed by atoms with Crippen molar-refractivity contribution in [3.8, 4) is 0 Å². The van der Waals surface area contributed by atoms with Gasteiger partial charge in [0.1, 0.15) is 0 Å². The SMILES string of the molecule is CCC(C)N(C)C[C@H]1CCN(C(=O)N(C)[C@H](C)c2cc(C(F)(F)F)cc(C(F)(F)F)c2)[C@@H](C)C1.Cc1ccccc1. The molecule has 4 atom stereocenters. The van der Waals surface area contributed by atoms with Crippen LogP contribution in [0.1, 0.15) is 75.3 Å². The summed E-state index contributed by atoms with van der Waals surface area (Å²) in [5, 5.41) is 0. The standard InChI is InChI=1S/C24H35F6N3O.C7H8/c1-7-15(2)31(5)14-18-8-9-33(16(3)10-18)22(34)32(6)17(4)19-11-20(23(25,26)27)13-21(12-19)24(28,29)30;1-7-5-3-2-4-6-7/h11-13,15-18H,7-10,14H2,1-6H3;2-6H,1H3/t15?,16-,17+,18-;/m0./s1. The molecule has 41 heavy (non-hydrogen) atoms. The largest absolute Gasteiger partial charge is 0.416 e. The summed E-state index contributed by atoms with van der Waals surface area (Å²) in [6, 6.07) is 10.7. The number of nitrogens with zero attached hydrogens (tertiary/aromatic N) is 3. The van der Waals surface area contributed by atoms with Crippen molar-refractivity contribution in [1.29, 1.82) is 0 Å². The number of hydrogen-bond donors (Lipinski definition) is 0. The maximum absolute atomic E-state index is 13.2. The normalized spacial score (nSPS) is 19.3. The lowest BCUT2D eigenvalue weighted by atomic mass is 9.91. The summed E-state index contributed by atoms with van der Waals surface area (Å²) < 4.78 is 79.4. The third-order valence-corrected chi connectivity index (χ3v) is 8.04. The van der Waals surface area contributed by atoms with Gasteiger partial charge in [-0.15, -0.1) is 0 Å². The molecule has 0 bridgehead atoms. The van der Waals surface area contributed by atoms with E-state index in [2.05, 4.69) is 44.9 Å². The Hall–Kier alpha value is -2.75. The van der Waals surface area contributed by atoms with E-state index in [-0.39, 0.29) is 17.7 Å². The molecular formula is C31H43F6N3O. The van der Waals surface area contributed by atoms with E-state index in [4.69, 9.17) is 0 Å². The average molecular weight is 588 g/mol. The molecule has 1 fully saturated rings. The van der Waals surface area contributed by atoms with E-state index in [9.17, 15) is 31.1 Å². The van der Waals surface area contributed by atoms with Crippen LogP contribution < -0.4 is 0 Å². The van der Waals surface area contributed by atoms with Gasteiger partial charge in [0.25, 0.3) is 0 Å². The molecule has 4 nitrogen and oxygen atoms in total. The predicted molar refractivity (Wildman–Crippen MR) is 150 cm³/mol. The van der Waals surface area contributed by atoms with Crippen molar-refractivity contribution in [2.75, 3.05) is 27.2 Å². The highest BCUT2D eigenvalue weighted by Crippen LogP contribution is 2.38. The van der Waals surface area contributed by atoms with Crippen LogP contribution in [-0.2, 0) is 12.4 Å². The Balaban J connectivity index is 0.000000729. The number of rotatable bonds is 6. The first-order valence-electron chi connectivity index (χ1n) is 14.0. The molecule has 0 saturated carbocycles. The van der Waals surface area contributed by atoms with E-state index in [1.54, 1.807) is 4.90 Å². The van der Waals surface area contributed by atoms with Crippen LogP contribution in [-0.4, -0.2) is 60.0 Å². The van der Waals surface area contributed by atoms with Gasteiger partial charge in [-0.05, 0) is 83.7 Å². The first kappa shape index (κ1) is 34.5. The number of carbonyl (C=O) groups is 1. The highest BCUT2D eigenvalue weighted by Gasteiger charge is 2.38. The first-order chi connectivity index (χ1) is 18.9. The van der Waals surface area contributed by atoms with E-state index >= 15 is 0 Å². The van der Waals surface area contributed by atoms with E-state index in [1.807, 2.05) is 25.1 Å². The molecule has 0 radical (unpaired) electrons. The molecule has 0 aromatic heterocycles. The van der Waals surface area contributed by atoms with Crippen molar-refractivity contribution in [3.05, 3.63) is 70.8 Å². The van der Waals surface area contributed by atoms with Gasteiger partial charge in [-0.2, -0.15) is 26.3 Å². The summed E-state index contributed by atoms with van der Waals surface area (Å²) in [5.41, 5.74) is -1.66. The quantitative estimate of drug-likeness (QED) is 0.316. The Labute approximate surface area is 240 Å². The van der Waals surface area contributed by atoms with Crippen LogP contribution in [0.15, 0.2) is 48.5 Å². The Morgan fingerprint density at radius 1 is 0.976 bits per heavy atom. The van der Waals surface area contributed by atoms with Gasteiger partial charge in [0.2, 0.25) is 0 Å². The number of piperidine rings is 1. The van der Waals surface area contributed by atoms with Crippen LogP contribution in [0.25, 0.3) is 0 Å². The molecular weight excluding hydrogens is 544 g/mol. The van der Waals surface area contributed by atoms with Crippen molar-refractivity contribution >= 4 is 6.03 Å². The van der Waals surface area contributed by atoms with E-state index < -0.39 is 35.6 Å². The Bertz CT molecular complexity index is 1070. The molecule has 2 aromatic carbocycles. The minimum absolute atomic E-state index is 0.0847. The van der Waals surface area contributed by atoms with Gasteiger partial charge < -0.3 is 14.7 Å². The third kappa shape index (κ3) is 9.94. The van der Waals surface area contributed by atoms with Gasteiger partial charge in [-0.25, -0.2) is 4.79 Å². The van der Waals surface area contributed by atoms with Crippen LogP contribution in [0.5, 0.6) is 0 Å². The lowest BCUT2D eigenvalue weighted by Crippen LogP contribution is -2.51. The molecule has 0 N–H and O–H groups in total. The molecule has 230 valence electrons. The number of halogens is 6. The van der Waals surface area contributed by atoms with Crippen LogP contribution in [0.4, 0.5) is 31.1 Å². The number of amides is 2. The second kappa shape index (κ2) is 14.4. The highest BCUT2D eigenvalue weighted by atomic mass is 19.4. The molecule has 0 spiro atoms.